The van der Waals surface area contributed by atoms with E-state index in [1.54, 1.807) is 10.6 Å². The first kappa shape index (κ1) is 20.9. The fraction of sp³-hybridized carbons (Fsp3) is 0.190. The zero-order valence-electron chi connectivity index (χ0n) is 16.6. The van der Waals surface area contributed by atoms with E-state index in [2.05, 4.69) is 5.10 Å². The van der Waals surface area contributed by atoms with Crippen LogP contribution >= 0.6 is 11.3 Å². The molecule has 0 atom stereocenters. The molecule has 160 valence electrons. The van der Waals surface area contributed by atoms with Crippen LogP contribution in [0.4, 0.5) is 8.78 Å². The monoisotopic (exact) mass is 443 g/mol. The van der Waals surface area contributed by atoms with Gasteiger partial charge in [-0.3, -0.25) is 13.9 Å². The Morgan fingerprint density at radius 2 is 1.94 bits per heavy atom. The van der Waals surface area contributed by atoms with Crippen molar-refractivity contribution in [3.63, 3.8) is 0 Å². The summed E-state index contributed by atoms with van der Waals surface area (Å²) in [6, 6.07) is 12.8. The molecule has 2 N–H and O–H groups in total. The van der Waals surface area contributed by atoms with E-state index in [0.29, 0.717) is 0 Å². The van der Waals surface area contributed by atoms with E-state index < -0.39 is 11.8 Å². The quantitative estimate of drug-likeness (QED) is 0.496. The van der Waals surface area contributed by atoms with Crippen molar-refractivity contribution in [3.05, 3.63) is 91.7 Å². The van der Waals surface area contributed by atoms with Crippen molar-refractivity contribution in [2.45, 2.75) is 20.0 Å². The Balaban J connectivity index is 1.66. The number of fused-ring (bicyclic) bond motifs is 1. The van der Waals surface area contributed by atoms with Gasteiger partial charge in [-0.25, -0.2) is 9.48 Å². The largest absolute Gasteiger partial charge is 0.346 e. The number of pyridine rings is 1. The number of para-hydroxylation sites is 1. The molecule has 0 saturated carbocycles. The Labute approximate surface area is 179 Å². The predicted molar refractivity (Wildman–Crippen MR) is 116 cm³/mol. The maximum Gasteiger partial charge on any atom is 0.346 e. The molecule has 4 rings (SSSR count). The molecular formula is C21H19F2N5O2S. The molecular weight excluding hydrogens is 424 g/mol. The van der Waals surface area contributed by atoms with Crippen LogP contribution in [0.1, 0.15) is 10.4 Å². The molecule has 0 unspecified atom stereocenters. The van der Waals surface area contributed by atoms with Gasteiger partial charge >= 0.3 is 5.69 Å². The third kappa shape index (κ3) is 3.99. The fourth-order valence-electron chi connectivity index (χ4n) is 3.40. The molecule has 10 heteroatoms. The lowest BCUT2D eigenvalue weighted by molar-refractivity contribution is 0.400. The fourth-order valence-corrected chi connectivity index (χ4v) is 4.41. The van der Waals surface area contributed by atoms with Crippen molar-refractivity contribution in [1.82, 2.24) is 18.9 Å². The molecule has 4 aromatic rings. The van der Waals surface area contributed by atoms with Gasteiger partial charge in [-0.05, 0) is 36.1 Å². The maximum atomic E-state index is 12.8. The second-order valence-electron chi connectivity index (χ2n) is 7.03. The molecule has 3 heterocycles. The summed E-state index contributed by atoms with van der Waals surface area (Å²) < 4.78 is 29.6. The molecule has 0 aliphatic rings. The standard InChI is InChI=1S/C21H19F2N5O2S/c1-13-3-2-4-14-5-7-17(29)28(19(13)14)18-8-6-16(31-18)11-26-12-25-27(21(26)30)10-15(9-24)20(22)23/h2-8,12H,9-11,24H2,1H3. The summed E-state index contributed by atoms with van der Waals surface area (Å²) in [4.78, 5) is 25.9. The van der Waals surface area contributed by atoms with Gasteiger partial charge < -0.3 is 5.73 Å². The summed E-state index contributed by atoms with van der Waals surface area (Å²) in [5.74, 6) is 0. The molecule has 0 amide bonds. The first-order valence-electron chi connectivity index (χ1n) is 9.45. The van der Waals surface area contributed by atoms with E-state index >= 15 is 0 Å². The number of hydrogen-bond acceptors (Lipinski definition) is 5. The normalized spacial score (nSPS) is 11.2. The van der Waals surface area contributed by atoms with E-state index in [1.165, 1.54) is 28.3 Å². The van der Waals surface area contributed by atoms with Crippen LogP contribution in [0.5, 0.6) is 0 Å². The average molecular weight is 443 g/mol. The number of nitrogens with zero attached hydrogens (tertiary/aromatic N) is 4. The lowest BCUT2D eigenvalue weighted by atomic mass is 10.1. The van der Waals surface area contributed by atoms with E-state index in [4.69, 9.17) is 5.73 Å². The van der Waals surface area contributed by atoms with Crippen molar-refractivity contribution in [2.24, 2.45) is 5.73 Å². The van der Waals surface area contributed by atoms with Crippen LogP contribution in [-0.4, -0.2) is 25.5 Å². The second-order valence-corrected chi connectivity index (χ2v) is 8.17. The highest BCUT2D eigenvalue weighted by molar-refractivity contribution is 7.14. The number of rotatable bonds is 6. The summed E-state index contributed by atoms with van der Waals surface area (Å²) in [6.45, 7) is 1.45. The van der Waals surface area contributed by atoms with E-state index in [9.17, 15) is 18.4 Å². The van der Waals surface area contributed by atoms with Gasteiger partial charge in [-0.15, -0.1) is 11.3 Å². The van der Waals surface area contributed by atoms with Crippen LogP contribution in [0, 0.1) is 6.92 Å². The van der Waals surface area contributed by atoms with Crippen LogP contribution in [0.3, 0.4) is 0 Å². The molecule has 0 saturated heterocycles. The molecule has 7 nitrogen and oxygen atoms in total. The topological polar surface area (TPSA) is 87.8 Å². The van der Waals surface area contributed by atoms with Crippen molar-refractivity contribution < 1.29 is 8.78 Å². The molecule has 1 aromatic carbocycles. The first-order valence-corrected chi connectivity index (χ1v) is 10.3. The van der Waals surface area contributed by atoms with Crippen LogP contribution in [0.15, 0.2) is 70.0 Å². The third-order valence-electron chi connectivity index (χ3n) is 4.96. The van der Waals surface area contributed by atoms with Gasteiger partial charge in [0.05, 0.1) is 18.6 Å². The number of benzene rings is 1. The molecule has 0 aliphatic heterocycles. The minimum Gasteiger partial charge on any atom is -0.327 e. The summed E-state index contributed by atoms with van der Waals surface area (Å²) >= 11 is 1.38. The van der Waals surface area contributed by atoms with Gasteiger partial charge in [0, 0.05) is 23.1 Å². The molecule has 3 aromatic heterocycles. The molecule has 0 radical (unpaired) electrons. The number of nitrogens with two attached hydrogens (primary N) is 1. The minimum absolute atomic E-state index is 0.144. The lowest BCUT2D eigenvalue weighted by Gasteiger charge is -2.10. The van der Waals surface area contributed by atoms with Crippen molar-refractivity contribution in [3.8, 4) is 5.00 Å². The van der Waals surface area contributed by atoms with Gasteiger partial charge in [0.1, 0.15) is 11.3 Å². The SMILES string of the molecule is Cc1cccc2ccc(=O)n(-c3ccc(Cn4cnn(CC(CN)=C(F)F)c4=O)s3)c12. The number of aryl methyl sites for hydroxylation is 1. The van der Waals surface area contributed by atoms with E-state index in [0.717, 1.165) is 31.0 Å². The number of hydrogen-bond donors (Lipinski definition) is 1. The lowest BCUT2D eigenvalue weighted by Crippen LogP contribution is -2.27. The predicted octanol–water partition coefficient (Wildman–Crippen LogP) is 2.88. The van der Waals surface area contributed by atoms with Gasteiger partial charge in [-0.2, -0.15) is 13.9 Å². The number of thiophene rings is 1. The summed E-state index contributed by atoms with van der Waals surface area (Å²) in [7, 11) is 0. The van der Waals surface area contributed by atoms with Gasteiger partial charge in [0.2, 0.25) is 0 Å². The second kappa shape index (κ2) is 8.40. The van der Waals surface area contributed by atoms with Crippen molar-refractivity contribution >= 4 is 22.2 Å². The molecule has 0 spiro atoms. The summed E-state index contributed by atoms with van der Waals surface area (Å²) in [5.41, 5.74) is 6.13. The molecule has 0 aliphatic carbocycles. The Bertz CT molecular complexity index is 1410. The smallest absolute Gasteiger partial charge is 0.327 e. The van der Waals surface area contributed by atoms with Crippen LogP contribution in [0.2, 0.25) is 0 Å². The van der Waals surface area contributed by atoms with Crippen molar-refractivity contribution in [2.75, 3.05) is 6.54 Å². The van der Waals surface area contributed by atoms with E-state index in [-0.39, 0.29) is 30.8 Å². The highest BCUT2D eigenvalue weighted by Gasteiger charge is 2.13. The van der Waals surface area contributed by atoms with Crippen LogP contribution < -0.4 is 17.0 Å². The highest BCUT2D eigenvalue weighted by atomic mass is 32.1. The van der Waals surface area contributed by atoms with E-state index in [1.807, 2.05) is 37.3 Å². The summed E-state index contributed by atoms with van der Waals surface area (Å²) in [5, 5.41) is 5.59. The van der Waals surface area contributed by atoms with Crippen molar-refractivity contribution in [1.29, 1.82) is 0 Å². The molecule has 31 heavy (non-hydrogen) atoms. The van der Waals surface area contributed by atoms with Gasteiger partial charge in [0.15, 0.2) is 0 Å². The number of halogens is 2. The Kier molecular flexibility index (Phi) is 5.66. The summed E-state index contributed by atoms with van der Waals surface area (Å²) in [6.07, 6.45) is -0.595. The zero-order valence-corrected chi connectivity index (χ0v) is 17.4. The van der Waals surface area contributed by atoms with Gasteiger partial charge in [-0.1, -0.05) is 18.2 Å². The Hall–Kier alpha value is -3.37. The average Bonchev–Trinajstić information content (AvgIpc) is 3.34. The Morgan fingerprint density at radius 3 is 2.68 bits per heavy atom. The maximum absolute atomic E-state index is 12.8. The third-order valence-corrected chi connectivity index (χ3v) is 6.02. The first-order chi connectivity index (χ1) is 14.9. The Morgan fingerprint density at radius 1 is 1.13 bits per heavy atom. The molecule has 0 bridgehead atoms. The van der Waals surface area contributed by atoms with Crippen LogP contribution in [-0.2, 0) is 13.1 Å². The highest BCUT2D eigenvalue weighted by Crippen LogP contribution is 2.25. The zero-order chi connectivity index (χ0) is 22.1. The number of aromatic nitrogens is 4. The minimum atomic E-state index is -1.90. The van der Waals surface area contributed by atoms with Crippen LogP contribution in [0.25, 0.3) is 15.9 Å². The van der Waals surface area contributed by atoms with Gasteiger partial charge in [0.25, 0.3) is 11.6 Å². The molecule has 0 fully saturated rings.